The van der Waals surface area contributed by atoms with E-state index < -0.39 is 5.72 Å². The number of hydrazone groups is 1. The molecule has 5 nitrogen and oxygen atoms in total. The maximum atomic E-state index is 13.8. The molecule has 0 N–H and O–H groups in total. The van der Waals surface area contributed by atoms with Crippen LogP contribution in [0.4, 0.5) is 5.69 Å². The molecule has 0 saturated carbocycles. The molecule has 6 rings (SSSR count). The second-order valence-corrected chi connectivity index (χ2v) is 8.72. The zero-order valence-corrected chi connectivity index (χ0v) is 17.9. The molecule has 0 aromatic heterocycles. The van der Waals surface area contributed by atoms with Crippen LogP contribution in [0.3, 0.4) is 0 Å². The van der Waals surface area contributed by atoms with E-state index in [1.165, 1.54) is 0 Å². The van der Waals surface area contributed by atoms with Gasteiger partial charge >= 0.3 is 5.72 Å². The first kappa shape index (κ1) is 18.5. The summed E-state index contributed by atoms with van der Waals surface area (Å²) in [5.74, 6) is 0.598. The van der Waals surface area contributed by atoms with Gasteiger partial charge in [-0.1, -0.05) is 53.6 Å². The topological polar surface area (TPSA) is 45.1 Å². The molecule has 0 aliphatic carbocycles. The second-order valence-electron chi connectivity index (χ2n) is 8.29. The van der Waals surface area contributed by atoms with Gasteiger partial charge in [-0.15, -0.1) is 0 Å². The minimum atomic E-state index is -1.32. The van der Waals surface area contributed by atoms with Crippen molar-refractivity contribution in [2.45, 2.75) is 25.1 Å². The van der Waals surface area contributed by atoms with Gasteiger partial charge in [-0.3, -0.25) is 4.79 Å². The molecule has 154 valence electrons. The summed E-state index contributed by atoms with van der Waals surface area (Å²) in [4.78, 5) is 15.4. The minimum Gasteiger partial charge on any atom is -0.453 e. The number of carbonyl (C=O) groups excluding carboxylic acids is 1. The average Bonchev–Trinajstić information content (AvgIpc) is 3.31. The number of aryl methyl sites for hydroxylation is 1. The average molecular weight is 430 g/mol. The lowest BCUT2D eigenvalue weighted by Gasteiger charge is -2.44. The minimum absolute atomic E-state index is 0.0977. The molecule has 0 bridgehead atoms. The van der Waals surface area contributed by atoms with Crippen molar-refractivity contribution >= 4 is 28.9 Å². The fourth-order valence-electron chi connectivity index (χ4n) is 4.90. The summed E-state index contributed by atoms with van der Waals surface area (Å²) >= 11 is 6.09. The first-order valence-corrected chi connectivity index (χ1v) is 10.7. The van der Waals surface area contributed by atoms with Gasteiger partial charge in [0.25, 0.3) is 5.91 Å². The Kier molecular flexibility index (Phi) is 3.78. The van der Waals surface area contributed by atoms with E-state index in [2.05, 4.69) is 6.07 Å². The van der Waals surface area contributed by atoms with Gasteiger partial charge in [-0.2, -0.15) is 5.10 Å². The van der Waals surface area contributed by atoms with Crippen LogP contribution in [-0.4, -0.2) is 23.7 Å². The Morgan fingerprint density at radius 2 is 1.87 bits per heavy atom. The van der Waals surface area contributed by atoms with Crippen LogP contribution < -0.4 is 9.64 Å². The van der Waals surface area contributed by atoms with Gasteiger partial charge in [0.15, 0.2) is 0 Å². The van der Waals surface area contributed by atoms with Crippen molar-refractivity contribution in [2.75, 3.05) is 11.9 Å². The summed E-state index contributed by atoms with van der Waals surface area (Å²) in [5.41, 5.74) is 4.39. The Balaban J connectivity index is 1.59. The lowest BCUT2D eigenvalue weighted by molar-refractivity contribution is -0.163. The van der Waals surface area contributed by atoms with Gasteiger partial charge in [0.05, 0.1) is 23.0 Å². The van der Waals surface area contributed by atoms with E-state index in [1.54, 1.807) is 11.9 Å². The molecular formula is C25H20ClN3O2. The van der Waals surface area contributed by atoms with Crippen molar-refractivity contribution in [3.8, 4) is 5.75 Å². The van der Waals surface area contributed by atoms with Gasteiger partial charge in [0.2, 0.25) is 0 Å². The number of hydrogen-bond acceptors (Lipinski definition) is 4. The van der Waals surface area contributed by atoms with Crippen LogP contribution in [0.5, 0.6) is 5.75 Å². The molecule has 6 heteroatoms. The molecule has 2 atom stereocenters. The summed E-state index contributed by atoms with van der Waals surface area (Å²) in [6.07, 6.45) is 0.682. The van der Waals surface area contributed by atoms with Gasteiger partial charge in [0, 0.05) is 24.1 Å². The predicted octanol–water partition coefficient (Wildman–Crippen LogP) is 5.02. The highest BCUT2D eigenvalue weighted by molar-refractivity contribution is 6.30. The molecule has 3 aliphatic rings. The zero-order valence-electron chi connectivity index (χ0n) is 17.2. The van der Waals surface area contributed by atoms with E-state index in [9.17, 15) is 4.79 Å². The molecule has 2 unspecified atom stereocenters. The van der Waals surface area contributed by atoms with E-state index in [0.29, 0.717) is 11.4 Å². The number of likely N-dealkylation sites (N-methyl/N-ethyl adjacent to an activating group) is 1. The van der Waals surface area contributed by atoms with E-state index in [4.69, 9.17) is 21.4 Å². The van der Waals surface area contributed by atoms with Crippen LogP contribution in [0.1, 0.15) is 34.7 Å². The monoisotopic (exact) mass is 429 g/mol. The molecule has 0 fully saturated rings. The highest BCUT2D eigenvalue weighted by atomic mass is 35.5. The van der Waals surface area contributed by atoms with Crippen molar-refractivity contribution in [3.63, 3.8) is 0 Å². The van der Waals surface area contributed by atoms with Crippen molar-refractivity contribution in [3.05, 3.63) is 94.0 Å². The number of nitrogens with zero attached hydrogens (tertiary/aromatic N) is 3. The summed E-state index contributed by atoms with van der Waals surface area (Å²) < 4.78 is 6.57. The lowest BCUT2D eigenvalue weighted by atomic mass is 9.92. The van der Waals surface area contributed by atoms with Crippen LogP contribution in [0.25, 0.3) is 0 Å². The fraction of sp³-hybridized carbons (Fsp3) is 0.200. The van der Waals surface area contributed by atoms with E-state index in [-0.39, 0.29) is 11.9 Å². The number of fused-ring (bicyclic) bond motifs is 6. The lowest BCUT2D eigenvalue weighted by Crippen LogP contribution is -2.56. The van der Waals surface area contributed by atoms with Crippen molar-refractivity contribution in [1.29, 1.82) is 0 Å². The normalized spacial score (nSPS) is 23.4. The number of anilines is 1. The third kappa shape index (κ3) is 2.44. The van der Waals surface area contributed by atoms with Gasteiger partial charge < -0.3 is 9.64 Å². The van der Waals surface area contributed by atoms with Gasteiger partial charge in [0.1, 0.15) is 5.75 Å². The molecule has 0 radical (unpaired) electrons. The van der Waals surface area contributed by atoms with Gasteiger partial charge in [-0.25, -0.2) is 5.01 Å². The maximum absolute atomic E-state index is 13.8. The molecule has 3 aromatic rings. The Bertz CT molecular complexity index is 1270. The number of amides is 1. The summed E-state index contributed by atoms with van der Waals surface area (Å²) in [6, 6.07) is 21.6. The Morgan fingerprint density at radius 3 is 2.68 bits per heavy atom. The highest BCUT2D eigenvalue weighted by Crippen LogP contribution is 2.55. The first-order valence-electron chi connectivity index (χ1n) is 10.3. The summed E-state index contributed by atoms with van der Waals surface area (Å²) in [6.45, 7) is 2.03. The van der Waals surface area contributed by atoms with Crippen LogP contribution in [0.15, 0.2) is 71.8 Å². The van der Waals surface area contributed by atoms with Gasteiger partial charge in [-0.05, 0) is 42.8 Å². The highest BCUT2D eigenvalue weighted by Gasteiger charge is 2.62. The number of hydrogen-bond donors (Lipinski definition) is 0. The third-order valence-corrected chi connectivity index (χ3v) is 6.67. The number of carbonyl (C=O) groups is 1. The third-order valence-electron chi connectivity index (χ3n) is 6.42. The summed E-state index contributed by atoms with van der Waals surface area (Å²) in [5, 5.41) is 7.55. The number of ether oxygens (including phenoxy) is 1. The fourth-order valence-corrected chi connectivity index (χ4v) is 5.03. The molecule has 0 saturated heterocycles. The quantitative estimate of drug-likeness (QED) is 0.545. The van der Waals surface area contributed by atoms with Crippen molar-refractivity contribution in [1.82, 2.24) is 5.01 Å². The van der Waals surface area contributed by atoms with Crippen LogP contribution in [0, 0.1) is 6.92 Å². The Labute approximate surface area is 185 Å². The Hall–Kier alpha value is -3.31. The molecule has 3 aromatic carbocycles. The van der Waals surface area contributed by atoms with Crippen LogP contribution >= 0.6 is 11.6 Å². The molecule has 1 spiro atoms. The number of para-hydroxylation sites is 1. The van der Waals surface area contributed by atoms with Crippen molar-refractivity contribution in [2.24, 2.45) is 5.10 Å². The second kappa shape index (κ2) is 6.34. The molecule has 31 heavy (non-hydrogen) atoms. The first-order chi connectivity index (χ1) is 15.0. The SMILES string of the molecule is Cc1ccc2c(c1)C1(Oc3ccccc3C3CC(c4ccc(Cl)cc4)=NN31)C(=O)N2C. The smallest absolute Gasteiger partial charge is 0.306 e. The number of benzene rings is 3. The largest absolute Gasteiger partial charge is 0.453 e. The van der Waals surface area contributed by atoms with Crippen LogP contribution in [0.2, 0.25) is 5.02 Å². The standard InChI is InChI=1S/C25H20ClN3O2/c1-15-7-12-21-19(13-15)25(24(30)28(21)2)29-22(18-5-3-4-6-23(18)31-25)14-20(27-29)16-8-10-17(26)11-9-16/h3-13,22H,14H2,1-2H3. The molecule has 3 aliphatic heterocycles. The Morgan fingerprint density at radius 1 is 1.10 bits per heavy atom. The zero-order chi connectivity index (χ0) is 21.3. The molecular weight excluding hydrogens is 410 g/mol. The van der Waals surface area contributed by atoms with E-state index >= 15 is 0 Å². The number of halogens is 1. The number of rotatable bonds is 1. The van der Waals surface area contributed by atoms with E-state index in [0.717, 1.165) is 39.4 Å². The van der Waals surface area contributed by atoms with Crippen molar-refractivity contribution < 1.29 is 9.53 Å². The predicted molar refractivity (Wildman–Crippen MR) is 121 cm³/mol. The molecule has 3 heterocycles. The maximum Gasteiger partial charge on any atom is 0.306 e. The summed E-state index contributed by atoms with van der Waals surface area (Å²) in [7, 11) is 1.80. The van der Waals surface area contributed by atoms with Crippen LogP contribution in [-0.2, 0) is 10.5 Å². The van der Waals surface area contributed by atoms with E-state index in [1.807, 2.05) is 72.6 Å². The molecule has 1 amide bonds.